The number of aliphatic hydroxyl groups excluding tert-OH is 1. The molecule has 2 N–H and O–H groups in total. The molecule has 14 heavy (non-hydrogen) atoms. The van der Waals surface area contributed by atoms with Gasteiger partial charge in [0.05, 0.1) is 11.9 Å². The maximum atomic E-state index is 11.4. The van der Waals surface area contributed by atoms with Crippen molar-refractivity contribution in [3.05, 3.63) is 0 Å². The van der Waals surface area contributed by atoms with Crippen LogP contribution in [0.15, 0.2) is 0 Å². The molecule has 0 aromatic heterocycles. The standard InChI is InChI=1S/C9H21NO3S/c1-7(2)6-14(12,13)10-8(3)5-9(4)11/h7-11H,5-6H2,1-4H3. The van der Waals surface area contributed by atoms with E-state index in [0.717, 1.165) is 0 Å². The molecule has 86 valence electrons. The summed E-state index contributed by atoms with van der Waals surface area (Å²) in [5, 5.41) is 9.07. The molecule has 0 spiro atoms. The lowest BCUT2D eigenvalue weighted by Gasteiger charge is -2.16. The Morgan fingerprint density at radius 2 is 1.71 bits per heavy atom. The Bertz CT molecular complexity index is 247. The minimum Gasteiger partial charge on any atom is -0.393 e. The molecule has 0 heterocycles. The summed E-state index contributed by atoms with van der Waals surface area (Å²) in [5.41, 5.74) is 0. The fourth-order valence-electron chi connectivity index (χ4n) is 1.35. The highest BCUT2D eigenvalue weighted by atomic mass is 32.2. The Kier molecular flexibility index (Phi) is 5.63. The monoisotopic (exact) mass is 223 g/mol. The fourth-order valence-corrected chi connectivity index (χ4v) is 3.04. The molecule has 0 aliphatic carbocycles. The molecule has 0 bridgehead atoms. The van der Waals surface area contributed by atoms with Gasteiger partial charge in [0.25, 0.3) is 0 Å². The Morgan fingerprint density at radius 3 is 2.07 bits per heavy atom. The first-order valence-electron chi connectivity index (χ1n) is 4.91. The Balaban J connectivity index is 4.09. The summed E-state index contributed by atoms with van der Waals surface area (Å²) in [4.78, 5) is 0. The molecule has 0 saturated carbocycles. The second kappa shape index (κ2) is 5.68. The zero-order valence-electron chi connectivity index (χ0n) is 9.32. The van der Waals surface area contributed by atoms with Gasteiger partial charge in [-0.2, -0.15) is 0 Å². The summed E-state index contributed by atoms with van der Waals surface area (Å²) >= 11 is 0. The number of aliphatic hydroxyl groups is 1. The smallest absolute Gasteiger partial charge is 0.212 e. The zero-order chi connectivity index (χ0) is 11.4. The molecule has 4 nitrogen and oxygen atoms in total. The van der Waals surface area contributed by atoms with Gasteiger partial charge in [-0.05, 0) is 26.2 Å². The summed E-state index contributed by atoms with van der Waals surface area (Å²) in [6.45, 7) is 7.12. The molecule has 0 rings (SSSR count). The van der Waals surface area contributed by atoms with Gasteiger partial charge in [-0.3, -0.25) is 0 Å². The quantitative estimate of drug-likeness (QED) is 0.697. The number of rotatable bonds is 6. The van der Waals surface area contributed by atoms with E-state index in [1.807, 2.05) is 13.8 Å². The van der Waals surface area contributed by atoms with Crippen LogP contribution in [-0.2, 0) is 10.0 Å². The molecule has 0 aromatic rings. The molecule has 5 heteroatoms. The molecular formula is C9H21NO3S. The van der Waals surface area contributed by atoms with Crippen LogP contribution >= 0.6 is 0 Å². The second-order valence-corrected chi connectivity index (χ2v) is 6.08. The van der Waals surface area contributed by atoms with Crippen LogP contribution in [0.1, 0.15) is 34.1 Å². The van der Waals surface area contributed by atoms with Gasteiger partial charge in [0.15, 0.2) is 0 Å². The molecule has 2 atom stereocenters. The van der Waals surface area contributed by atoms with Crippen molar-refractivity contribution >= 4 is 10.0 Å². The van der Waals surface area contributed by atoms with E-state index >= 15 is 0 Å². The third kappa shape index (κ3) is 7.29. The van der Waals surface area contributed by atoms with E-state index in [-0.39, 0.29) is 17.7 Å². The van der Waals surface area contributed by atoms with Gasteiger partial charge < -0.3 is 5.11 Å². The zero-order valence-corrected chi connectivity index (χ0v) is 10.1. The number of hydrogen-bond donors (Lipinski definition) is 2. The number of hydrogen-bond acceptors (Lipinski definition) is 3. The topological polar surface area (TPSA) is 66.4 Å². The lowest BCUT2D eigenvalue weighted by Crippen LogP contribution is -2.37. The normalized spacial score (nSPS) is 17.0. The van der Waals surface area contributed by atoms with E-state index in [4.69, 9.17) is 5.11 Å². The highest BCUT2D eigenvalue weighted by Crippen LogP contribution is 2.02. The van der Waals surface area contributed by atoms with Crippen LogP contribution in [0.2, 0.25) is 0 Å². The Hall–Kier alpha value is -0.130. The molecule has 0 fully saturated rings. The third-order valence-electron chi connectivity index (χ3n) is 1.63. The van der Waals surface area contributed by atoms with E-state index in [2.05, 4.69) is 4.72 Å². The van der Waals surface area contributed by atoms with Crippen molar-refractivity contribution < 1.29 is 13.5 Å². The molecule has 0 saturated heterocycles. The van der Waals surface area contributed by atoms with Crippen molar-refractivity contribution in [1.82, 2.24) is 4.72 Å². The maximum Gasteiger partial charge on any atom is 0.212 e. The summed E-state index contributed by atoms with van der Waals surface area (Å²) in [6, 6.07) is -0.209. The van der Waals surface area contributed by atoms with Crippen molar-refractivity contribution in [2.75, 3.05) is 5.75 Å². The minimum atomic E-state index is -3.19. The van der Waals surface area contributed by atoms with E-state index in [9.17, 15) is 8.42 Å². The summed E-state index contributed by atoms with van der Waals surface area (Å²) in [5.74, 6) is 0.253. The average Bonchev–Trinajstić information content (AvgIpc) is 1.77. The largest absolute Gasteiger partial charge is 0.393 e. The summed E-state index contributed by atoms with van der Waals surface area (Å²) in [6.07, 6.45) is -0.0381. The fraction of sp³-hybridized carbons (Fsp3) is 1.00. The van der Waals surface area contributed by atoms with Gasteiger partial charge in [0, 0.05) is 6.04 Å². The average molecular weight is 223 g/mol. The summed E-state index contributed by atoms with van der Waals surface area (Å²) in [7, 11) is -3.19. The van der Waals surface area contributed by atoms with Crippen molar-refractivity contribution in [1.29, 1.82) is 0 Å². The molecule has 0 aliphatic rings. The maximum absolute atomic E-state index is 11.4. The van der Waals surface area contributed by atoms with Gasteiger partial charge in [0.1, 0.15) is 0 Å². The molecular weight excluding hydrogens is 202 g/mol. The molecule has 0 aliphatic heterocycles. The van der Waals surface area contributed by atoms with Crippen LogP contribution in [0.4, 0.5) is 0 Å². The van der Waals surface area contributed by atoms with Crippen molar-refractivity contribution in [3.63, 3.8) is 0 Å². The highest BCUT2D eigenvalue weighted by Gasteiger charge is 2.16. The van der Waals surface area contributed by atoms with E-state index < -0.39 is 16.1 Å². The Morgan fingerprint density at radius 1 is 1.21 bits per heavy atom. The van der Waals surface area contributed by atoms with Gasteiger partial charge in [-0.1, -0.05) is 13.8 Å². The lowest BCUT2D eigenvalue weighted by atomic mass is 10.2. The Labute approximate surface area is 86.8 Å². The molecule has 0 radical (unpaired) electrons. The number of sulfonamides is 1. The van der Waals surface area contributed by atoms with E-state index in [1.165, 1.54) is 0 Å². The molecule has 0 amide bonds. The second-order valence-electron chi connectivity index (χ2n) is 4.28. The van der Waals surface area contributed by atoms with Crippen LogP contribution in [0.3, 0.4) is 0 Å². The number of nitrogens with one attached hydrogen (secondary N) is 1. The predicted octanol–water partition coefficient (Wildman–Crippen LogP) is 0.721. The molecule has 0 aromatic carbocycles. The van der Waals surface area contributed by atoms with Gasteiger partial charge >= 0.3 is 0 Å². The first-order chi connectivity index (χ1) is 6.23. The highest BCUT2D eigenvalue weighted by molar-refractivity contribution is 7.89. The van der Waals surface area contributed by atoms with Crippen molar-refractivity contribution in [3.8, 4) is 0 Å². The van der Waals surface area contributed by atoms with Crippen molar-refractivity contribution in [2.24, 2.45) is 5.92 Å². The van der Waals surface area contributed by atoms with E-state index in [1.54, 1.807) is 13.8 Å². The van der Waals surface area contributed by atoms with Crippen LogP contribution in [0.25, 0.3) is 0 Å². The predicted molar refractivity (Wildman–Crippen MR) is 57.5 cm³/mol. The molecule has 2 unspecified atom stereocenters. The SMILES string of the molecule is CC(C)CS(=O)(=O)NC(C)CC(C)O. The van der Waals surface area contributed by atoms with Gasteiger partial charge in [-0.15, -0.1) is 0 Å². The van der Waals surface area contributed by atoms with E-state index in [0.29, 0.717) is 6.42 Å². The minimum absolute atomic E-state index is 0.117. The third-order valence-corrected chi connectivity index (χ3v) is 3.50. The van der Waals surface area contributed by atoms with Gasteiger partial charge in [-0.25, -0.2) is 13.1 Å². The first-order valence-corrected chi connectivity index (χ1v) is 6.56. The summed E-state index contributed by atoms with van der Waals surface area (Å²) < 4.78 is 25.4. The van der Waals surface area contributed by atoms with Crippen LogP contribution in [0, 0.1) is 5.92 Å². The van der Waals surface area contributed by atoms with Gasteiger partial charge in [0.2, 0.25) is 10.0 Å². The van der Waals surface area contributed by atoms with Crippen LogP contribution < -0.4 is 4.72 Å². The first kappa shape index (κ1) is 13.9. The van der Waals surface area contributed by atoms with Crippen LogP contribution in [0.5, 0.6) is 0 Å². The lowest BCUT2D eigenvalue weighted by molar-refractivity contribution is 0.175. The van der Waals surface area contributed by atoms with Crippen molar-refractivity contribution in [2.45, 2.75) is 46.3 Å². The van der Waals surface area contributed by atoms with Crippen LogP contribution in [-0.4, -0.2) is 31.4 Å².